The van der Waals surface area contributed by atoms with E-state index in [0.29, 0.717) is 29.9 Å². The predicted molar refractivity (Wildman–Crippen MR) is 152 cm³/mol. The molecule has 0 aliphatic rings. The lowest BCUT2D eigenvalue weighted by Crippen LogP contribution is -2.46. The number of benzene rings is 3. The van der Waals surface area contributed by atoms with Crippen molar-refractivity contribution in [3.8, 4) is 11.5 Å². The molecule has 37 heavy (non-hydrogen) atoms. The number of hydrogen-bond acceptors (Lipinski definition) is 6. The van der Waals surface area contributed by atoms with Crippen LogP contribution in [0.4, 0.5) is 0 Å². The molecule has 3 N–H and O–H groups in total. The summed E-state index contributed by atoms with van der Waals surface area (Å²) in [5, 5.41) is 14.4. The fourth-order valence-corrected chi connectivity index (χ4v) is 5.05. The Bertz CT molecular complexity index is 1360. The van der Waals surface area contributed by atoms with Gasteiger partial charge in [-0.1, -0.05) is 36.4 Å². The van der Waals surface area contributed by atoms with E-state index >= 15 is 0 Å². The average molecular weight is 634 g/mol. The van der Waals surface area contributed by atoms with E-state index in [1.807, 2.05) is 30.3 Å². The van der Waals surface area contributed by atoms with Crippen LogP contribution in [0.3, 0.4) is 0 Å². The molecule has 3 aromatic carbocycles. The maximum atomic E-state index is 13.1. The molecule has 0 bridgehead atoms. The zero-order chi connectivity index (χ0) is 26.8. The van der Waals surface area contributed by atoms with Crippen LogP contribution in [0.25, 0.3) is 0 Å². The minimum atomic E-state index is -3.97. The molecule has 0 saturated heterocycles. The number of ether oxygens (including phenoxy) is 1. The summed E-state index contributed by atoms with van der Waals surface area (Å²) in [6.45, 7) is 5.86. The quantitative estimate of drug-likeness (QED) is 0.120. The van der Waals surface area contributed by atoms with E-state index in [0.717, 1.165) is 9.13 Å². The number of nitrogens with zero attached hydrogens (tertiary/aromatic N) is 1. The number of hydrazone groups is 1. The molecule has 8 nitrogen and oxygen atoms in total. The first-order valence-corrected chi connectivity index (χ1v) is 14.0. The molecule has 0 aromatic heterocycles. The third-order valence-electron chi connectivity index (χ3n) is 5.25. The van der Waals surface area contributed by atoms with E-state index in [1.54, 1.807) is 37.3 Å². The fraction of sp³-hybridized carbons (Fsp3) is 0.185. The minimum Gasteiger partial charge on any atom is -0.504 e. The van der Waals surface area contributed by atoms with E-state index < -0.39 is 22.0 Å². The van der Waals surface area contributed by atoms with Gasteiger partial charge in [0.15, 0.2) is 11.5 Å². The summed E-state index contributed by atoms with van der Waals surface area (Å²) in [5.74, 6) is -0.304. The van der Waals surface area contributed by atoms with Crippen molar-refractivity contribution in [2.24, 2.45) is 5.10 Å². The molecule has 0 unspecified atom stereocenters. The zero-order valence-corrected chi connectivity index (χ0v) is 23.2. The van der Waals surface area contributed by atoms with Crippen molar-refractivity contribution in [1.82, 2.24) is 10.1 Å². The van der Waals surface area contributed by atoms with Crippen molar-refractivity contribution in [2.45, 2.75) is 30.7 Å². The van der Waals surface area contributed by atoms with Crippen LogP contribution in [0.5, 0.6) is 11.5 Å². The third-order valence-corrected chi connectivity index (χ3v) is 7.46. The summed E-state index contributed by atoms with van der Waals surface area (Å²) >= 11 is 2.09. The monoisotopic (exact) mass is 633 g/mol. The molecule has 0 fully saturated rings. The van der Waals surface area contributed by atoms with E-state index in [-0.39, 0.29) is 17.1 Å². The van der Waals surface area contributed by atoms with Gasteiger partial charge < -0.3 is 9.84 Å². The van der Waals surface area contributed by atoms with E-state index in [1.165, 1.54) is 18.3 Å². The number of nitrogens with one attached hydrogen (secondary N) is 2. The van der Waals surface area contributed by atoms with Gasteiger partial charge in [0.2, 0.25) is 10.0 Å². The molecular weight excluding hydrogens is 605 g/mol. The Balaban J connectivity index is 1.82. The first kappa shape index (κ1) is 28.4. The summed E-state index contributed by atoms with van der Waals surface area (Å²) in [5.41, 5.74) is 4.39. The number of halogens is 1. The summed E-state index contributed by atoms with van der Waals surface area (Å²) in [7, 11) is -3.97. The minimum absolute atomic E-state index is 0.0240. The summed E-state index contributed by atoms with van der Waals surface area (Å²) < 4.78 is 34.9. The zero-order valence-electron chi connectivity index (χ0n) is 20.2. The highest BCUT2D eigenvalue weighted by atomic mass is 127. The van der Waals surface area contributed by atoms with Crippen LogP contribution >= 0.6 is 22.6 Å². The van der Waals surface area contributed by atoms with E-state index in [4.69, 9.17) is 4.74 Å². The second kappa shape index (κ2) is 13.4. The van der Waals surface area contributed by atoms with Gasteiger partial charge in [0.1, 0.15) is 6.04 Å². The van der Waals surface area contributed by atoms with Gasteiger partial charge in [-0.05, 0) is 89.9 Å². The Kier molecular flexibility index (Phi) is 10.2. The highest BCUT2D eigenvalue weighted by molar-refractivity contribution is 14.1. The smallest absolute Gasteiger partial charge is 0.258 e. The first-order valence-electron chi connectivity index (χ1n) is 11.5. The lowest BCUT2D eigenvalue weighted by molar-refractivity contribution is -0.122. The Hall–Kier alpha value is -3.22. The van der Waals surface area contributed by atoms with Crippen LogP contribution in [0.15, 0.2) is 89.4 Å². The van der Waals surface area contributed by atoms with Gasteiger partial charge in [0.25, 0.3) is 5.91 Å². The number of allylic oxidation sites excluding steroid dienone is 1. The van der Waals surface area contributed by atoms with Crippen LogP contribution in [-0.2, 0) is 27.7 Å². The predicted octanol–water partition coefficient (Wildman–Crippen LogP) is 4.16. The van der Waals surface area contributed by atoms with Crippen molar-refractivity contribution in [1.29, 1.82) is 0 Å². The van der Waals surface area contributed by atoms with Crippen molar-refractivity contribution < 1.29 is 23.1 Å². The van der Waals surface area contributed by atoms with Crippen LogP contribution in [0.1, 0.15) is 23.6 Å². The molecule has 0 aliphatic heterocycles. The van der Waals surface area contributed by atoms with Crippen molar-refractivity contribution >= 4 is 44.7 Å². The third kappa shape index (κ3) is 8.14. The second-order valence-electron chi connectivity index (χ2n) is 8.00. The molecule has 3 aromatic rings. The largest absolute Gasteiger partial charge is 0.504 e. The van der Waals surface area contributed by atoms with Gasteiger partial charge in [-0.15, -0.1) is 6.58 Å². The Morgan fingerprint density at radius 2 is 1.86 bits per heavy atom. The average Bonchev–Trinajstić information content (AvgIpc) is 2.87. The molecule has 0 aliphatic carbocycles. The normalized spacial score (nSPS) is 12.3. The Morgan fingerprint density at radius 3 is 2.51 bits per heavy atom. The second-order valence-corrected chi connectivity index (χ2v) is 11.0. The molecule has 1 amide bonds. The van der Waals surface area contributed by atoms with Crippen molar-refractivity contribution in [3.05, 3.63) is 99.6 Å². The van der Waals surface area contributed by atoms with Crippen LogP contribution in [-0.4, -0.2) is 38.3 Å². The summed E-state index contributed by atoms with van der Waals surface area (Å²) in [6, 6.07) is 17.6. The van der Waals surface area contributed by atoms with Crippen LogP contribution in [0, 0.1) is 3.57 Å². The lowest BCUT2D eigenvalue weighted by atomic mass is 10.1. The summed E-state index contributed by atoms with van der Waals surface area (Å²) in [6.07, 6.45) is 3.60. The van der Waals surface area contributed by atoms with Gasteiger partial charge in [0.05, 0.1) is 17.7 Å². The molecule has 0 spiro atoms. The van der Waals surface area contributed by atoms with Crippen LogP contribution in [0.2, 0.25) is 0 Å². The summed E-state index contributed by atoms with van der Waals surface area (Å²) in [4.78, 5) is 13.1. The van der Waals surface area contributed by atoms with Crippen molar-refractivity contribution in [3.63, 3.8) is 0 Å². The number of phenolic OH excluding ortho intramolecular Hbond substituents is 1. The van der Waals surface area contributed by atoms with E-state index in [9.17, 15) is 18.3 Å². The van der Waals surface area contributed by atoms with Crippen molar-refractivity contribution in [2.75, 3.05) is 6.61 Å². The number of carbonyl (C=O) groups excluding carboxylic acids is 1. The SMILES string of the molecule is C=CCc1cc(/C=N\NC(=O)[C@H](Cc2ccccc2)NS(=O)(=O)c2ccc(I)cc2)cc(OCC)c1O. The van der Waals surface area contributed by atoms with Gasteiger partial charge in [0, 0.05) is 9.13 Å². The van der Waals surface area contributed by atoms with Gasteiger partial charge in [-0.25, -0.2) is 13.8 Å². The molecule has 1 atom stereocenters. The Labute approximate surface area is 230 Å². The van der Waals surface area contributed by atoms with Gasteiger partial charge in [-0.3, -0.25) is 4.79 Å². The number of hydrogen-bond donors (Lipinski definition) is 3. The highest BCUT2D eigenvalue weighted by Crippen LogP contribution is 2.32. The molecule has 3 rings (SSSR count). The van der Waals surface area contributed by atoms with Gasteiger partial charge in [-0.2, -0.15) is 9.82 Å². The molecule has 10 heteroatoms. The standard InChI is InChI=1S/C27H28IN3O5S/c1-3-8-21-15-20(17-25(26(21)32)36-4-2)18-29-30-27(33)24(16-19-9-6-5-7-10-19)31-37(34,35)23-13-11-22(28)12-14-23/h3,5-7,9-15,17-18,24,31-32H,1,4,8,16H2,2H3,(H,30,33)/b29-18-/t24-/m0/s1. The Morgan fingerprint density at radius 1 is 1.16 bits per heavy atom. The molecule has 194 valence electrons. The number of carbonyl (C=O) groups is 1. The maximum Gasteiger partial charge on any atom is 0.258 e. The van der Waals surface area contributed by atoms with Crippen LogP contribution < -0.4 is 14.9 Å². The number of amides is 1. The lowest BCUT2D eigenvalue weighted by Gasteiger charge is -2.17. The topological polar surface area (TPSA) is 117 Å². The van der Waals surface area contributed by atoms with Gasteiger partial charge >= 0.3 is 0 Å². The number of sulfonamides is 1. The fourth-order valence-electron chi connectivity index (χ4n) is 3.50. The van der Waals surface area contributed by atoms with E-state index in [2.05, 4.69) is 44.4 Å². The number of aromatic hydroxyl groups is 1. The number of phenols is 1. The number of rotatable bonds is 12. The highest BCUT2D eigenvalue weighted by Gasteiger charge is 2.26. The molecule has 0 saturated carbocycles. The maximum absolute atomic E-state index is 13.1. The molecular formula is C27H28IN3O5S. The molecule has 0 radical (unpaired) electrons. The first-order chi connectivity index (χ1) is 17.7. The molecule has 0 heterocycles.